The normalized spacial score (nSPS) is 26.2. The summed E-state index contributed by atoms with van der Waals surface area (Å²) in [5, 5.41) is 3.04. The molecular weight excluding hydrogens is 234 g/mol. The van der Waals surface area contributed by atoms with Crippen molar-refractivity contribution in [2.24, 2.45) is 0 Å². The van der Waals surface area contributed by atoms with Gasteiger partial charge in [0.05, 0.1) is 12.8 Å². The average Bonchev–Trinajstić information content (AvgIpc) is 2.93. The van der Waals surface area contributed by atoms with Crippen molar-refractivity contribution in [3.63, 3.8) is 0 Å². The highest BCUT2D eigenvalue weighted by atomic mass is 16.5. The van der Waals surface area contributed by atoms with E-state index < -0.39 is 0 Å². The number of hydrogen-bond acceptors (Lipinski definition) is 6. The van der Waals surface area contributed by atoms with Crippen molar-refractivity contribution in [1.29, 1.82) is 0 Å². The second-order valence-electron chi connectivity index (χ2n) is 4.65. The number of rotatable bonds is 2. The van der Waals surface area contributed by atoms with Gasteiger partial charge in [0.2, 0.25) is 5.95 Å². The molecule has 2 aliphatic rings. The highest BCUT2D eigenvalue weighted by Crippen LogP contribution is 2.33. The van der Waals surface area contributed by atoms with Crippen LogP contribution >= 0.6 is 0 Å². The molecule has 98 valence electrons. The van der Waals surface area contributed by atoms with Gasteiger partial charge in [-0.25, -0.2) is 0 Å². The molecule has 4 N–H and O–H groups in total. The fourth-order valence-electron chi connectivity index (χ4n) is 2.54. The van der Waals surface area contributed by atoms with Crippen molar-refractivity contribution < 1.29 is 4.74 Å². The van der Waals surface area contributed by atoms with Gasteiger partial charge in [-0.1, -0.05) is 6.92 Å². The van der Waals surface area contributed by atoms with E-state index in [4.69, 9.17) is 10.5 Å². The SMILES string of the molecule is CCC1CCC(N2CNc3c2nc(N)[nH]c3=O)O1. The Kier molecular flexibility index (Phi) is 2.62. The van der Waals surface area contributed by atoms with Gasteiger partial charge < -0.3 is 20.7 Å². The summed E-state index contributed by atoms with van der Waals surface area (Å²) in [6.45, 7) is 2.65. The monoisotopic (exact) mass is 251 g/mol. The lowest BCUT2D eigenvalue weighted by Gasteiger charge is -2.24. The molecule has 0 radical (unpaired) electrons. The van der Waals surface area contributed by atoms with Gasteiger partial charge >= 0.3 is 0 Å². The quantitative estimate of drug-likeness (QED) is 0.706. The van der Waals surface area contributed by atoms with E-state index in [-0.39, 0.29) is 17.7 Å². The van der Waals surface area contributed by atoms with E-state index in [1.165, 1.54) is 0 Å². The smallest absolute Gasteiger partial charge is 0.277 e. The Bertz CT molecular complexity index is 515. The van der Waals surface area contributed by atoms with E-state index in [1.54, 1.807) is 0 Å². The zero-order valence-corrected chi connectivity index (χ0v) is 10.3. The molecule has 1 aromatic heterocycles. The molecule has 2 unspecified atom stereocenters. The van der Waals surface area contributed by atoms with Gasteiger partial charge in [-0.05, 0) is 19.3 Å². The molecule has 0 spiro atoms. The van der Waals surface area contributed by atoms with Gasteiger partial charge in [-0.3, -0.25) is 9.78 Å². The number of aromatic amines is 1. The van der Waals surface area contributed by atoms with Gasteiger partial charge in [-0.2, -0.15) is 4.98 Å². The average molecular weight is 251 g/mol. The highest BCUT2D eigenvalue weighted by Gasteiger charge is 2.34. The zero-order valence-electron chi connectivity index (χ0n) is 10.3. The lowest BCUT2D eigenvalue weighted by molar-refractivity contribution is 0.0426. The van der Waals surface area contributed by atoms with Gasteiger partial charge in [-0.15, -0.1) is 0 Å². The van der Waals surface area contributed by atoms with E-state index in [0.717, 1.165) is 19.3 Å². The Hall–Kier alpha value is -1.76. The predicted molar refractivity (Wildman–Crippen MR) is 68.4 cm³/mol. The van der Waals surface area contributed by atoms with Crippen molar-refractivity contribution in [1.82, 2.24) is 9.97 Å². The third kappa shape index (κ3) is 1.71. The molecule has 1 fully saturated rings. The molecule has 0 aliphatic carbocycles. The van der Waals surface area contributed by atoms with Crippen LogP contribution in [0.15, 0.2) is 4.79 Å². The first-order valence-corrected chi connectivity index (χ1v) is 6.24. The summed E-state index contributed by atoms with van der Waals surface area (Å²) < 4.78 is 5.92. The number of nitrogens with two attached hydrogens (primary N) is 1. The lowest BCUT2D eigenvalue weighted by atomic mass is 10.2. The molecule has 7 nitrogen and oxygen atoms in total. The third-order valence-electron chi connectivity index (χ3n) is 3.50. The maximum Gasteiger partial charge on any atom is 0.277 e. The minimum Gasteiger partial charge on any atom is -0.369 e. The number of nitrogens with one attached hydrogen (secondary N) is 2. The van der Waals surface area contributed by atoms with E-state index >= 15 is 0 Å². The maximum absolute atomic E-state index is 11.7. The summed E-state index contributed by atoms with van der Waals surface area (Å²) in [6, 6.07) is 0. The van der Waals surface area contributed by atoms with Gasteiger partial charge in [0, 0.05) is 0 Å². The lowest BCUT2D eigenvalue weighted by Crippen LogP contribution is -2.35. The first-order valence-electron chi connectivity index (χ1n) is 6.24. The van der Waals surface area contributed by atoms with Crippen LogP contribution in [0.4, 0.5) is 17.5 Å². The fourth-order valence-corrected chi connectivity index (χ4v) is 2.54. The molecule has 7 heteroatoms. The van der Waals surface area contributed by atoms with Crippen LogP contribution in [0.2, 0.25) is 0 Å². The standard InChI is InChI=1S/C11H17N5O2/c1-2-6-3-4-7(18-6)16-5-13-8-9(16)14-11(12)15-10(8)17/h6-7,13H,2-5H2,1H3,(H3,12,14,15,17). The topological polar surface area (TPSA) is 96.3 Å². The largest absolute Gasteiger partial charge is 0.369 e. The minimum atomic E-state index is -0.231. The number of nitrogen functional groups attached to an aromatic ring is 1. The van der Waals surface area contributed by atoms with Crippen molar-refractivity contribution >= 4 is 17.5 Å². The Balaban J connectivity index is 1.89. The highest BCUT2D eigenvalue weighted by molar-refractivity contribution is 5.70. The zero-order chi connectivity index (χ0) is 12.7. The molecule has 0 bridgehead atoms. The first kappa shape index (κ1) is 11.3. The Labute approximate surface area is 104 Å². The van der Waals surface area contributed by atoms with E-state index in [1.807, 2.05) is 4.90 Å². The van der Waals surface area contributed by atoms with Gasteiger partial charge in [0.15, 0.2) is 5.82 Å². The first-order chi connectivity index (χ1) is 8.69. The number of anilines is 3. The Morgan fingerprint density at radius 3 is 3.11 bits per heavy atom. The second kappa shape index (κ2) is 4.16. The molecule has 3 rings (SSSR count). The molecule has 0 saturated carbocycles. The van der Waals surface area contributed by atoms with Crippen LogP contribution < -0.4 is 21.5 Å². The van der Waals surface area contributed by atoms with Crippen LogP contribution in [0.1, 0.15) is 26.2 Å². The van der Waals surface area contributed by atoms with Gasteiger partial charge in [0.1, 0.15) is 11.9 Å². The summed E-state index contributed by atoms with van der Waals surface area (Å²) in [4.78, 5) is 20.4. The fraction of sp³-hybridized carbons (Fsp3) is 0.636. The number of fused-ring (bicyclic) bond motifs is 1. The molecule has 1 saturated heterocycles. The maximum atomic E-state index is 11.7. The summed E-state index contributed by atoms with van der Waals surface area (Å²) in [7, 11) is 0. The van der Waals surface area contributed by atoms with Crippen molar-refractivity contribution in [2.75, 3.05) is 22.6 Å². The molecule has 3 heterocycles. The molecule has 1 aromatic rings. The number of aromatic nitrogens is 2. The summed E-state index contributed by atoms with van der Waals surface area (Å²) in [6.07, 6.45) is 3.30. The van der Waals surface area contributed by atoms with E-state index in [2.05, 4.69) is 22.2 Å². The van der Waals surface area contributed by atoms with Crippen LogP contribution in [0, 0.1) is 0 Å². The molecular formula is C11H17N5O2. The summed E-state index contributed by atoms with van der Waals surface area (Å²) in [5.41, 5.74) is 5.83. The van der Waals surface area contributed by atoms with Crippen LogP contribution in [0.3, 0.4) is 0 Å². The van der Waals surface area contributed by atoms with Crippen LogP contribution in [-0.4, -0.2) is 29.0 Å². The van der Waals surface area contributed by atoms with E-state index in [0.29, 0.717) is 24.3 Å². The van der Waals surface area contributed by atoms with Crippen LogP contribution in [0.25, 0.3) is 0 Å². The Morgan fingerprint density at radius 2 is 2.39 bits per heavy atom. The minimum absolute atomic E-state index is 0.0163. The molecule has 2 atom stereocenters. The number of ether oxygens (including phenoxy) is 1. The summed E-state index contributed by atoms with van der Waals surface area (Å²) in [5.74, 6) is 0.732. The number of hydrogen-bond donors (Lipinski definition) is 3. The van der Waals surface area contributed by atoms with E-state index in [9.17, 15) is 4.79 Å². The molecule has 2 aliphatic heterocycles. The predicted octanol–water partition coefficient (Wildman–Crippen LogP) is 0.457. The molecule has 0 aromatic carbocycles. The Morgan fingerprint density at radius 1 is 1.56 bits per heavy atom. The van der Waals surface area contributed by atoms with Crippen molar-refractivity contribution in [3.05, 3.63) is 10.4 Å². The van der Waals surface area contributed by atoms with Crippen LogP contribution in [-0.2, 0) is 4.74 Å². The van der Waals surface area contributed by atoms with Crippen LogP contribution in [0.5, 0.6) is 0 Å². The molecule has 18 heavy (non-hydrogen) atoms. The third-order valence-corrected chi connectivity index (χ3v) is 3.50. The summed E-state index contributed by atoms with van der Waals surface area (Å²) >= 11 is 0. The number of nitrogens with zero attached hydrogens (tertiary/aromatic N) is 2. The van der Waals surface area contributed by atoms with Crippen molar-refractivity contribution in [2.45, 2.75) is 38.5 Å². The molecule has 0 amide bonds. The second-order valence-corrected chi connectivity index (χ2v) is 4.65. The van der Waals surface area contributed by atoms with Crippen molar-refractivity contribution in [3.8, 4) is 0 Å². The van der Waals surface area contributed by atoms with Gasteiger partial charge in [0.25, 0.3) is 5.56 Å². The number of H-pyrrole nitrogens is 1.